The van der Waals surface area contributed by atoms with Crippen LogP contribution in [0.1, 0.15) is 12.0 Å². The van der Waals surface area contributed by atoms with Gasteiger partial charge in [0.2, 0.25) is 11.8 Å². The first-order chi connectivity index (χ1) is 15.0. The summed E-state index contributed by atoms with van der Waals surface area (Å²) in [7, 11) is 1.60. The molecule has 1 heterocycles. The molecule has 7 heteroatoms. The van der Waals surface area contributed by atoms with Gasteiger partial charge in [-0.2, -0.15) is 0 Å². The van der Waals surface area contributed by atoms with E-state index in [1.807, 2.05) is 42.5 Å². The van der Waals surface area contributed by atoms with Crippen LogP contribution in [0, 0.1) is 0 Å². The number of hydrogen-bond acceptors (Lipinski definition) is 4. The number of anilines is 2. The largest absolute Gasteiger partial charge is 0.497 e. The summed E-state index contributed by atoms with van der Waals surface area (Å²) < 4.78 is 5.21. The van der Waals surface area contributed by atoms with Crippen molar-refractivity contribution in [3.8, 4) is 5.75 Å². The molecule has 0 saturated heterocycles. The molecule has 0 atom stereocenters. The predicted molar refractivity (Wildman–Crippen MR) is 123 cm³/mol. The van der Waals surface area contributed by atoms with E-state index in [-0.39, 0.29) is 24.8 Å². The smallest absolute Gasteiger partial charge is 0.244 e. The van der Waals surface area contributed by atoms with Gasteiger partial charge < -0.3 is 15.0 Å². The second kappa shape index (κ2) is 9.02. The second-order valence-corrected chi connectivity index (χ2v) is 7.43. The molecule has 3 aromatic rings. The zero-order valence-electron chi connectivity index (χ0n) is 16.8. The molecule has 0 aromatic heterocycles. The lowest BCUT2D eigenvalue weighted by Crippen LogP contribution is -2.38. The van der Waals surface area contributed by atoms with E-state index >= 15 is 0 Å². The van der Waals surface area contributed by atoms with Crippen molar-refractivity contribution in [2.24, 2.45) is 4.99 Å². The molecule has 3 aromatic carbocycles. The molecular formula is C24H20ClN3O3. The SMILES string of the molecule is COc1ccc(C2=Nc3ccccc3N(CC(=O)Nc3cccc(Cl)c3)C(=O)C2)cc1. The Morgan fingerprint density at radius 3 is 2.61 bits per heavy atom. The Hall–Kier alpha value is -3.64. The average Bonchev–Trinajstić information content (AvgIpc) is 2.90. The fourth-order valence-electron chi connectivity index (χ4n) is 3.38. The van der Waals surface area contributed by atoms with Gasteiger partial charge in [0.25, 0.3) is 0 Å². The highest BCUT2D eigenvalue weighted by Crippen LogP contribution is 2.33. The Kier molecular flexibility index (Phi) is 6.00. The van der Waals surface area contributed by atoms with Crippen molar-refractivity contribution in [3.63, 3.8) is 0 Å². The van der Waals surface area contributed by atoms with Gasteiger partial charge in [-0.3, -0.25) is 14.6 Å². The average molecular weight is 434 g/mol. The third-order valence-electron chi connectivity index (χ3n) is 4.88. The van der Waals surface area contributed by atoms with E-state index in [0.29, 0.717) is 27.8 Å². The number of halogens is 1. The second-order valence-electron chi connectivity index (χ2n) is 6.99. The molecular weight excluding hydrogens is 414 g/mol. The fourth-order valence-corrected chi connectivity index (χ4v) is 3.57. The minimum Gasteiger partial charge on any atom is -0.497 e. The normalized spacial score (nSPS) is 13.2. The number of methoxy groups -OCH3 is 1. The standard InChI is InChI=1S/C24H20ClN3O3/c1-31-19-11-9-16(10-12-19)21-14-24(30)28(22-8-3-2-7-20(22)27-21)15-23(29)26-18-6-4-5-17(25)13-18/h2-13H,14-15H2,1H3,(H,26,29). The van der Waals surface area contributed by atoms with E-state index in [1.54, 1.807) is 37.4 Å². The van der Waals surface area contributed by atoms with Crippen LogP contribution >= 0.6 is 11.6 Å². The van der Waals surface area contributed by atoms with Gasteiger partial charge in [-0.1, -0.05) is 29.8 Å². The molecule has 0 radical (unpaired) electrons. The van der Waals surface area contributed by atoms with Crippen molar-refractivity contribution >= 4 is 46.2 Å². The number of amides is 2. The maximum absolute atomic E-state index is 13.1. The Balaban J connectivity index is 1.60. The van der Waals surface area contributed by atoms with Gasteiger partial charge in [-0.15, -0.1) is 0 Å². The molecule has 0 fully saturated rings. The van der Waals surface area contributed by atoms with E-state index in [0.717, 1.165) is 11.3 Å². The van der Waals surface area contributed by atoms with E-state index < -0.39 is 0 Å². The number of hydrogen-bond donors (Lipinski definition) is 1. The van der Waals surface area contributed by atoms with E-state index in [9.17, 15) is 9.59 Å². The van der Waals surface area contributed by atoms with Crippen LogP contribution in [0.5, 0.6) is 5.75 Å². The fraction of sp³-hybridized carbons (Fsp3) is 0.125. The van der Waals surface area contributed by atoms with Crippen molar-refractivity contribution < 1.29 is 14.3 Å². The summed E-state index contributed by atoms with van der Waals surface area (Å²) in [6.45, 7) is -0.131. The summed E-state index contributed by atoms with van der Waals surface area (Å²) in [5.74, 6) is 0.197. The van der Waals surface area contributed by atoms with E-state index in [4.69, 9.17) is 21.3 Å². The Bertz CT molecular complexity index is 1160. The van der Waals surface area contributed by atoms with Crippen LogP contribution < -0.4 is 15.0 Å². The topological polar surface area (TPSA) is 71.0 Å². The van der Waals surface area contributed by atoms with Crippen molar-refractivity contribution in [3.05, 3.63) is 83.4 Å². The van der Waals surface area contributed by atoms with Crippen LogP contribution in [0.4, 0.5) is 17.1 Å². The van der Waals surface area contributed by atoms with Crippen molar-refractivity contribution in [1.29, 1.82) is 0 Å². The molecule has 1 aliphatic rings. The van der Waals surface area contributed by atoms with Crippen molar-refractivity contribution in [1.82, 2.24) is 0 Å². The number of para-hydroxylation sites is 2. The molecule has 1 aliphatic heterocycles. The highest BCUT2D eigenvalue weighted by atomic mass is 35.5. The van der Waals surface area contributed by atoms with E-state index in [1.165, 1.54) is 4.90 Å². The summed E-state index contributed by atoms with van der Waals surface area (Å²) >= 11 is 5.99. The van der Waals surface area contributed by atoms with Gasteiger partial charge in [0.15, 0.2) is 0 Å². The quantitative estimate of drug-likeness (QED) is 0.625. The van der Waals surface area contributed by atoms with Crippen molar-refractivity contribution in [2.45, 2.75) is 6.42 Å². The van der Waals surface area contributed by atoms with Crippen LogP contribution in [-0.2, 0) is 9.59 Å². The minimum absolute atomic E-state index is 0.0749. The van der Waals surface area contributed by atoms with Gasteiger partial charge in [-0.25, -0.2) is 0 Å². The summed E-state index contributed by atoms with van der Waals surface area (Å²) in [4.78, 5) is 32.0. The van der Waals surface area contributed by atoms with Gasteiger partial charge in [0.1, 0.15) is 12.3 Å². The number of carbonyl (C=O) groups excluding carboxylic acids is 2. The summed E-state index contributed by atoms with van der Waals surface area (Å²) in [6, 6.07) is 21.6. The Morgan fingerprint density at radius 1 is 1.10 bits per heavy atom. The molecule has 0 aliphatic carbocycles. The summed E-state index contributed by atoms with van der Waals surface area (Å²) in [6.07, 6.45) is 0.0749. The molecule has 2 amide bonds. The lowest BCUT2D eigenvalue weighted by Gasteiger charge is -2.22. The number of carbonyl (C=O) groups is 2. The number of nitrogens with zero attached hydrogens (tertiary/aromatic N) is 2. The Labute approximate surface area is 185 Å². The number of rotatable bonds is 5. The maximum atomic E-state index is 13.1. The van der Waals surface area contributed by atoms with Gasteiger partial charge in [0, 0.05) is 10.7 Å². The highest BCUT2D eigenvalue weighted by molar-refractivity contribution is 6.31. The van der Waals surface area contributed by atoms with Gasteiger partial charge in [0.05, 0.1) is 30.6 Å². The lowest BCUT2D eigenvalue weighted by atomic mass is 10.1. The zero-order chi connectivity index (χ0) is 21.8. The maximum Gasteiger partial charge on any atom is 0.244 e. The van der Waals surface area contributed by atoms with Crippen LogP contribution in [0.3, 0.4) is 0 Å². The van der Waals surface area contributed by atoms with Gasteiger partial charge >= 0.3 is 0 Å². The number of nitrogens with one attached hydrogen (secondary N) is 1. The van der Waals surface area contributed by atoms with Crippen LogP contribution in [0.15, 0.2) is 77.8 Å². The molecule has 4 rings (SSSR count). The van der Waals surface area contributed by atoms with Crippen LogP contribution in [0.25, 0.3) is 0 Å². The monoisotopic (exact) mass is 433 g/mol. The van der Waals surface area contributed by atoms with E-state index in [2.05, 4.69) is 5.32 Å². The molecule has 31 heavy (non-hydrogen) atoms. The molecule has 1 N–H and O–H groups in total. The van der Waals surface area contributed by atoms with Gasteiger partial charge in [-0.05, 0) is 60.2 Å². The number of fused-ring (bicyclic) bond motifs is 1. The molecule has 0 unspecified atom stereocenters. The first-order valence-electron chi connectivity index (χ1n) is 9.70. The third-order valence-corrected chi connectivity index (χ3v) is 5.12. The molecule has 6 nitrogen and oxygen atoms in total. The lowest BCUT2D eigenvalue weighted by molar-refractivity contribution is -0.120. The molecule has 0 spiro atoms. The van der Waals surface area contributed by atoms with Crippen LogP contribution in [-0.4, -0.2) is 31.2 Å². The first kappa shape index (κ1) is 20.6. The third kappa shape index (κ3) is 4.75. The molecule has 156 valence electrons. The minimum atomic E-state index is -0.321. The van der Waals surface area contributed by atoms with Crippen molar-refractivity contribution in [2.75, 3.05) is 23.9 Å². The molecule has 0 bridgehead atoms. The number of benzene rings is 3. The number of ether oxygens (including phenoxy) is 1. The van der Waals surface area contributed by atoms with Crippen LogP contribution in [0.2, 0.25) is 5.02 Å². The molecule has 0 saturated carbocycles. The summed E-state index contributed by atoms with van der Waals surface area (Å²) in [5.41, 5.74) is 3.27. The summed E-state index contributed by atoms with van der Waals surface area (Å²) in [5, 5.41) is 3.31. The number of aliphatic imine (C=N–C) groups is 1. The predicted octanol–water partition coefficient (Wildman–Crippen LogP) is 4.84. The zero-order valence-corrected chi connectivity index (χ0v) is 17.6. The Morgan fingerprint density at radius 2 is 1.87 bits per heavy atom. The first-order valence-corrected chi connectivity index (χ1v) is 10.1. The highest BCUT2D eigenvalue weighted by Gasteiger charge is 2.26.